The Labute approximate surface area is 117 Å². The van der Waals surface area contributed by atoms with E-state index in [4.69, 9.17) is 9.78 Å². The highest BCUT2D eigenvalue weighted by Gasteiger charge is 2.41. The molecule has 0 aliphatic carbocycles. The van der Waals surface area contributed by atoms with Crippen molar-refractivity contribution in [2.24, 2.45) is 0 Å². The summed E-state index contributed by atoms with van der Waals surface area (Å²) >= 11 is 0. The van der Waals surface area contributed by atoms with Gasteiger partial charge in [-0.1, -0.05) is 47.5 Å². The van der Waals surface area contributed by atoms with Crippen molar-refractivity contribution in [3.63, 3.8) is 0 Å². The summed E-state index contributed by atoms with van der Waals surface area (Å²) in [5, 5.41) is 9.46. The maximum atomic E-state index is 11.5. The monoisotopic (exact) mass is 274 g/mol. The molecule has 1 N–H and O–H groups in total. The molecule has 19 heavy (non-hydrogen) atoms. The molecule has 0 bridgehead atoms. The lowest BCUT2D eigenvalue weighted by Gasteiger charge is -2.34. The number of carboxylic acids is 1. The fourth-order valence-electron chi connectivity index (χ4n) is 2.13. The summed E-state index contributed by atoms with van der Waals surface area (Å²) in [4.78, 5) is 22.6. The van der Waals surface area contributed by atoms with Gasteiger partial charge in [-0.2, -0.15) is 0 Å². The van der Waals surface area contributed by atoms with E-state index < -0.39 is 11.6 Å². The zero-order valence-corrected chi connectivity index (χ0v) is 13.1. The number of hydrogen-bond acceptors (Lipinski definition) is 3. The topological polar surface area (TPSA) is 55.8 Å². The highest BCUT2D eigenvalue weighted by molar-refractivity contribution is 5.77. The summed E-state index contributed by atoms with van der Waals surface area (Å²) in [7, 11) is 0. The first kappa shape index (κ1) is 18.4. The van der Waals surface area contributed by atoms with E-state index in [0.717, 1.165) is 32.1 Å². The Balaban J connectivity index is 4.86. The molecular weight excluding hydrogens is 244 g/mol. The fraction of sp³-hybridized carbons (Fsp3) is 0.933. The highest BCUT2D eigenvalue weighted by atomic mass is 17.2. The van der Waals surface area contributed by atoms with Gasteiger partial charge >= 0.3 is 5.97 Å². The molecule has 0 radical (unpaired) electrons. The van der Waals surface area contributed by atoms with Gasteiger partial charge in [-0.15, -0.1) is 0 Å². The van der Waals surface area contributed by atoms with Gasteiger partial charge in [0.2, 0.25) is 0 Å². The van der Waals surface area contributed by atoms with E-state index in [-0.39, 0.29) is 5.60 Å². The first-order valence-corrected chi connectivity index (χ1v) is 7.56. The maximum Gasteiger partial charge on any atom is 0.339 e. The summed E-state index contributed by atoms with van der Waals surface area (Å²) in [6.45, 7) is 9.99. The van der Waals surface area contributed by atoms with Gasteiger partial charge in [0.1, 0.15) is 5.60 Å². The van der Waals surface area contributed by atoms with Gasteiger partial charge < -0.3 is 5.11 Å². The van der Waals surface area contributed by atoms with Crippen LogP contribution in [0.5, 0.6) is 0 Å². The van der Waals surface area contributed by atoms with Crippen LogP contribution >= 0.6 is 0 Å². The average Bonchev–Trinajstić information content (AvgIpc) is 2.44. The molecule has 0 aliphatic heterocycles. The molecule has 0 aromatic carbocycles. The summed E-state index contributed by atoms with van der Waals surface area (Å²) < 4.78 is 0. The Morgan fingerprint density at radius 3 is 1.79 bits per heavy atom. The minimum Gasteiger partial charge on any atom is -0.479 e. The quantitative estimate of drug-likeness (QED) is 0.450. The molecule has 0 aliphatic rings. The van der Waals surface area contributed by atoms with Crippen molar-refractivity contribution in [1.82, 2.24) is 0 Å². The van der Waals surface area contributed by atoms with Crippen molar-refractivity contribution >= 4 is 5.97 Å². The van der Waals surface area contributed by atoms with Crippen molar-refractivity contribution in [1.29, 1.82) is 0 Å². The molecule has 0 aromatic rings. The van der Waals surface area contributed by atoms with E-state index in [1.807, 2.05) is 34.6 Å². The molecule has 1 atom stereocenters. The number of rotatable bonds is 11. The zero-order chi connectivity index (χ0) is 14.9. The van der Waals surface area contributed by atoms with E-state index in [1.54, 1.807) is 0 Å². The lowest BCUT2D eigenvalue weighted by Crippen LogP contribution is -2.44. The van der Waals surface area contributed by atoms with Crippen molar-refractivity contribution in [3.8, 4) is 0 Å². The van der Waals surface area contributed by atoms with Gasteiger partial charge in [0.15, 0.2) is 5.60 Å². The lowest BCUT2D eigenvalue weighted by atomic mass is 9.93. The summed E-state index contributed by atoms with van der Waals surface area (Å²) in [6, 6.07) is 0. The largest absolute Gasteiger partial charge is 0.479 e. The van der Waals surface area contributed by atoms with Gasteiger partial charge in [0.05, 0.1) is 0 Å². The van der Waals surface area contributed by atoms with Crippen LogP contribution in [-0.2, 0) is 14.6 Å². The molecule has 0 aromatic heterocycles. The third-order valence-corrected chi connectivity index (χ3v) is 4.21. The Hall–Kier alpha value is -0.610. The maximum absolute atomic E-state index is 11.5. The predicted octanol–water partition coefficient (Wildman–Crippen LogP) is 4.33. The van der Waals surface area contributed by atoms with Gasteiger partial charge in [0, 0.05) is 0 Å². The molecule has 4 heteroatoms. The first-order valence-electron chi connectivity index (χ1n) is 7.56. The van der Waals surface area contributed by atoms with E-state index in [1.165, 1.54) is 0 Å². The summed E-state index contributed by atoms with van der Waals surface area (Å²) in [5.41, 5.74) is -1.58. The van der Waals surface area contributed by atoms with Crippen molar-refractivity contribution < 1.29 is 19.7 Å². The molecular formula is C15H30O4. The van der Waals surface area contributed by atoms with E-state index >= 15 is 0 Å². The molecule has 4 nitrogen and oxygen atoms in total. The molecule has 114 valence electrons. The zero-order valence-electron chi connectivity index (χ0n) is 13.1. The van der Waals surface area contributed by atoms with Crippen LogP contribution in [0, 0.1) is 0 Å². The van der Waals surface area contributed by atoms with Crippen molar-refractivity contribution in [2.45, 2.75) is 90.8 Å². The molecule has 0 spiro atoms. The number of aliphatic carboxylic acids is 1. The third-order valence-electron chi connectivity index (χ3n) is 4.21. The molecule has 0 saturated carbocycles. The Bertz CT molecular complexity index is 253. The molecule has 0 fully saturated rings. The number of carbonyl (C=O) groups is 1. The number of hydrogen-bond donors (Lipinski definition) is 1. The van der Waals surface area contributed by atoms with Crippen LogP contribution < -0.4 is 0 Å². The van der Waals surface area contributed by atoms with Crippen LogP contribution in [0.3, 0.4) is 0 Å². The average molecular weight is 274 g/mol. The van der Waals surface area contributed by atoms with Gasteiger partial charge in [-0.3, -0.25) is 0 Å². The molecule has 0 rings (SSSR count). The van der Waals surface area contributed by atoms with Crippen LogP contribution in [0.2, 0.25) is 0 Å². The number of carboxylic acid groups (broad SMARTS) is 1. The number of unbranched alkanes of at least 4 members (excludes halogenated alkanes) is 1. The van der Waals surface area contributed by atoms with E-state index in [9.17, 15) is 9.90 Å². The normalized spacial score (nSPS) is 15.2. The van der Waals surface area contributed by atoms with Crippen LogP contribution in [-0.4, -0.2) is 22.3 Å². The van der Waals surface area contributed by atoms with Gasteiger partial charge in [-0.25, -0.2) is 14.6 Å². The Kier molecular flexibility index (Phi) is 8.26. The van der Waals surface area contributed by atoms with Gasteiger partial charge in [-0.05, 0) is 32.1 Å². The first-order chi connectivity index (χ1) is 8.95. The summed E-state index contributed by atoms with van der Waals surface area (Å²) in [6.07, 6.45) is 5.10. The standard InChI is InChI=1S/C15H30O4/c1-6-11-12-15(10-5,13(16)17)19-18-14(7-2,8-3)9-4/h6-12H2,1-5H3,(H,16,17). The van der Waals surface area contributed by atoms with E-state index in [0.29, 0.717) is 12.8 Å². The second-order valence-corrected chi connectivity index (χ2v) is 5.17. The smallest absolute Gasteiger partial charge is 0.339 e. The van der Waals surface area contributed by atoms with E-state index in [2.05, 4.69) is 0 Å². The minimum absolute atomic E-state index is 0.373. The molecule has 0 heterocycles. The van der Waals surface area contributed by atoms with Crippen molar-refractivity contribution in [3.05, 3.63) is 0 Å². The SMILES string of the molecule is CCCCC(CC)(OOC(CC)(CC)CC)C(=O)O. The highest BCUT2D eigenvalue weighted by Crippen LogP contribution is 2.31. The summed E-state index contributed by atoms with van der Waals surface area (Å²) in [5.74, 6) is -0.930. The lowest BCUT2D eigenvalue weighted by molar-refractivity contribution is -0.410. The second kappa shape index (κ2) is 8.54. The molecule has 0 saturated heterocycles. The third kappa shape index (κ3) is 4.77. The molecule has 0 amide bonds. The Morgan fingerprint density at radius 2 is 1.47 bits per heavy atom. The second-order valence-electron chi connectivity index (χ2n) is 5.17. The fourth-order valence-corrected chi connectivity index (χ4v) is 2.13. The predicted molar refractivity (Wildman–Crippen MR) is 76.0 cm³/mol. The Morgan fingerprint density at radius 1 is 0.947 bits per heavy atom. The molecule has 1 unspecified atom stereocenters. The van der Waals surface area contributed by atoms with Crippen molar-refractivity contribution in [2.75, 3.05) is 0 Å². The van der Waals surface area contributed by atoms with Crippen LogP contribution in [0.25, 0.3) is 0 Å². The minimum atomic E-state index is -1.21. The van der Waals surface area contributed by atoms with Crippen LogP contribution in [0.1, 0.15) is 79.6 Å². The van der Waals surface area contributed by atoms with Gasteiger partial charge in [0.25, 0.3) is 0 Å². The van der Waals surface area contributed by atoms with Crippen LogP contribution in [0.15, 0.2) is 0 Å². The van der Waals surface area contributed by atoms with Crippen LogP contribution in [0.4, 0.5) is 0 Å².